The minimum atomic E-state index is -4.70. The number of hydrogen-bond acceptors (Lipinski definition) is 6. The van der Waals surface area contributed by atoms with Crippen LogP contribution in [-0.2, 0) is 6.18 Å². The van der Waals surface area contributed by atoms with Crippen LogP contribution in [0.15, 0.2) is 42.5 Å². The molecule has 2 aromatic carbocycles. The van der Waals surface area contributed by atoms with Crippen LogP contribution in [-0.4, -0.2) is 28.0 Å². The normalized spacial score (nSPS) is 15.2. The predicted octanol–water partition coefficient (Wildman–Crippen LogP) is 5.42. The number of rotatable bonds is 5. The van der Waals surface area contributed by atoms with E-state index in [1.165, 1.54) is 5.57 Å². The summed E-state index contributed by atoms with van der Waals surface area (Å²) >= 11 is 0. The van der Waals surface area contributed by atoms with Crippen LogP contribution in [0.4, 0.5) is 24.7 Å². The number of fused-ring (bicyclic) bond motifs is 1. The quantitative estimate of drug-likeness (QED) is 0.393. The summed E-state index contributed by atoms with van der Waals surface area (Å²) in [6.07, 6.45) is -1.70. The van der Waals surface area contributed by atoms with Gasteiger partial charge in [-0.2, -0.15) is 13.2 Å². The van der Waals surface area contributed by atoms with Crippen molar-refractivity contribution in [2.24, 2.45) is 0 Å². The Balaban J connectivity index is 1.74. The molecule has 1 aliphatic rings. The number of non-ortho nitro benzene ring substituents is 1. The maximum atomic E-state index is 13.3. The summed E-state index contributed by atoms with van der Waals surface area (Å²) in [5, 5.41) is 18.4. The maximum Gasteiger partial charge on any atom is 0.416 e. The molecule has 2 N–H and O–H groups in total. The second kappa shape index (κ2) is 8.78. The molecule has 0 saturated heterocycles. The van der Waals surface area contributed by atoms with Gasteiger partial charge in [0.1, 0.15) is 11.6 Å². The van der Waals surface area contributed by atoms with Crippen molar-refractivity contribution < 1.29 is 18.1 Å². The van der Waals surface area contributed by atoms with Crippen molar-refractivity contribution in [3.8, 4) is 0 Å². The Labute approximate surface area is 187 Å². The fourth-order valence-electron chi connectivity index (χ4n) is 3.88. The third kappa shape index (κ3) is 4.95. The first-order valence-corrected chi connectivity index (χ1v) is 10.4. The van der Waals surface area contributed by atoms with Crippen LogP contribution in [0, 0.1) is 17.0 Å². The number of alkyl halides is 3. The second-order valence-electron chi connectivity index (χ2n) is 7.97. The Bertz CT molecular complexity index is 1260. The first-order chi connectivity index (χ1) is 15.6. The Hall–Kier alpha value is -3.53. The van der Waals surface area contributed by atoms with E-state index in [0.717, 1.165) is 42.6 Å². The molecular weight excluding hydrogens is 435 g/mol. The monoisotopic (exact) mass is 457 g/mol. The lowest BCUT2D eigenvalue weighted by Gasteiger charge is -2.19. The van der Waals surface area contributed by atoms with Gasteiger partial charge in [0.25, 0.3) is 5.69 Å². The number of benzene rings is 2. The van der Waals surface area contributed by atoms with E-state index < -0.39 is 28.4 Å². The minimum Gasteiger partial charge on any atom is -0.363 e. The van der Waals surface area contributed by atoms with E-state index in [2.05, 4.69) is 26.7 Å². The van der Waals surface area contributed by atoms with E-state index in [1.807, 2.05) is 18.2 Å². The van der Waals surface area contributed by atoms with Gasteiger partial charge in [-0.15, -0.1) is 0 Å². The van der Waals surface area contributed by atoms with Crippen molar-refractivity contribution in [1.82, 2.24) is 15.3 Å². The van der Waals surface area contributed by atoms with Crippen LogP contribution in [0.1, 0.15) is 41.9 Å². The van der Waals surface area contributed by atoms with Gasteiger partial charge in [-0.05, 0) is 61.7 Å². The van der Waals surface area contributed by atoms with Crippen molar-refractivity contribution in [3.05, 3.63) is 75.1 Å². The number of nitro benzene ring substituents is 1. The smallest absolute Gasteiger partial charge is 0.363 e. The molecule has 0 unspecified atom stereocenters. The summed E-state index contributed by atoms with van der Waals surface area (Å²) in [7, 11) is 0. The third-order valence-corrected chi connectivity index (χ3v) is 5.57. The molecule has 4 rings (SSSR count). The Kier molecular flexibility index (Phi) is 6.03. The summed E-state index contributed by atoms with van der Waals surface area (Å²) in [5.41, 5.74) is 1.38. The first-order valence-electron chi connectivity index (χ1n) is 10.4. The number of halogens is 3. The highest BCUT2D eigenvalue weighted by molar-refractivity contribution is 5.92. The van der Waals surface area contributed by atoms with Crippen LogP contribution in [0.25, 0.3) is 16.5 Å². The zero-order valence-corrected chi connectivity index (χ0v) is 18.0. The number of aryl methyl sites for hydroxylation is 1. The molecule has 0 bridgehead atoms. The first kappa shape index (κ1) is 22.7. The molecule has 1 aliphatic heterocycles. The van der Waals surface area contributed by atoms with Crippen LogP contribution in [0.3, 0.4) is 0 Å². The van der Waals surface area contributed by atoms with E-state index in [9.17, 15) is 23.3 Å². The average Bonchev–Trinajstić information content (AvgIpc) is 2.78. The van der Waals surface area contributed by atoms with E-state index in [4.69, 9.17) is 0 Å². The lowest BCUT2D eigenvalue weighted by molar-refractivity contribution is -0.385. The van der Waals surface area contributed by atoms with Gasteiger partial charge in [0.15, 0.2) is 0 Å². The number of aromatic nitrogens is 2. The molecule has 0 fully saturated rings. The van der Waals surface area contributed by atoms with Gasteiger partial charge in [0.2, 0.25) is 0 Å². The maximum absolute atomic E-state index is 13.3. The van der Waals surface area contributed by atoms with Gasteiger partial charge in [-0.3, -0.25) is 10.1 Å². The van der Waals surface area contributed by atoms with Gasteiger partial charge in [0, 0.05) is 24.1 Å². The highest BCUT2D eigenvalue weighted by Crippen LogP contribution is 2.35. The molecule has 0 radical (unpaired) electrons. The molecule has 7 nitrogen and oxygen atoms in total. The summed E-state index contributed by atoms with van der Waals surface area (Å²) < 4.78 is 39.9. The number of nitrogens with zero attached hydrogens (tertiary/aromatic N) is 3. The second-order valence-corrected chi connectivity index (χ2v) is 7.97. The van der Waals surface area contributed by atoms with Crippen LogP contribution in [0.5, 0.6) is 0 Å². The highest BCUT2D eigenvalue weighted by atomic mass is 19.4. The lowest BCUT2D eigenvalue weighted by Crippen LogP contribution is -2.20. The molecule has 1 atom stereocenters. The zero-order chi connectivity index (χ0) is 23.8. The number of hydrogen-bond donors (Lipinski definition) is 2. The highest BCUT2D eigenvalue weighted by Gasteiger charge is 2.33. The number of nitrogens with one attached hydrogen (secondary N) is 2. The molecule has 10 heteroatoms. The fraction of sp³-hybridized carbons (Fsp3) is 0.304. The predicted molar refractivity (Wildman–Crippen MR) is 120 cm³/mol. The topological polar surface area (TPSA) is 93.0 Å². The van der Waals surface area contributed by atoms with Crippen molar-refractivity contribution >= 4 is 28.0 Å². The Morgan fingerprint density at radius 1 is 1.18 bits per heavy atom. The molecule has 0 saturated carbocycles. The largest absolute Gasteiger partial charge is 0.416 e. The van der Waals surface area contributed by atoms with Gasteiger partial charge < -0.3 is 10.6 Å². The zero-order valence-electron chi connectivity index (χ0n) is 18.0. The van der Waals surface area contributed by atoms with Gasteiger partial charge in [0.05, 0.1) is 22.0 Å². The number of nitro groups is 1. The SMILES string of the molecule is Cc1nc(N[C@H](C)c2cc([N+](=O)[O-])cc(C(F)(F)F)c2)c2cc(C3=CCNCC3)ccc2n1. The molecule has 172 valence electrons. The van der Waals surface area contributed by atoms with Gasteiger partial charge in [-0.1, -0.05) is 12.1 Å². The number of anilines is 1. The van der Waals surface area contributed by atoms with Crippen molar-refractivity contribution in [1.29, 1.82) is 0 Å². The average molecular weight is 457 g/mol. The summed E-state index contributed by atoms with van der Waals surface area (Å²) in [6.45, 7) is 5.04. The molecular formula is C23H22F3N5O2. The molecule has 1 aromatic heterocycles. The van der Waals surface area contributed by atoms with Crippen LogP contribution in [0.2, 0.25) is 0 Å². The fourth-order valence-corrected chi connectivity index (χ4v) is 3.88. The van der Waals surface area contributed by atoms with Crippen molar-refractivity contribution in [2.45, 2.75) is 32.5 Å². The molecule has 0 spiro atoms. The molecule has 0 aliphatic carbocycles. The van der Waals surface area contributed by atoms with E-state index in [-0.39, 0.29) is 5.56 Å². The van der Waals surface area contributed by atoms with E-state index in [1.54, 1.807) is 13.8 Å². The molecule has 2 heterocycles. The standard InChI is InChI=1S/C23H22F3N5O2/c1-13(17-9-18(23(24,25)26)12-19(10-17)31(32)33)28-22-20-11-16(15-5-7-27-8-6-15)3-4-21(20)29-14(2)30-22/h3-5,9-13,27H,6-8H2,1-2H3,(H,28,29,30)/t13-/m1/s1. The molecule has 33 heavy (non-hydrogen) atoms. The minimum absolute atomic E-state index is 0.137. The molecule has 0 amide bonds. The van der Waals surface area contributed by atoms with Crippen molar-refractivity contribution in [3.63, 3.8) is 0 Å². The van der Waals surface area contributed by atoms with E-state index in [0.29, 0.717) is 23.2 Å². The summed E-state index contributed by atoms with van der Waals surface area (Å²) in [5.74, 6) is 0.961. The third-order valence-electron chi connectivity index (χ3n) is 5.57. The summed E-state index contributed by atoms with van der Waals surface area (Å²) in [6, 6.07) is 7.79. The van der Waals surface area contributed by atoms with Crippen LogP contribution < -0.4 is 10.6 Å². The van der Waals surface area contributed by atoms with Gasteiger partial charge >= 0.3 is 6.18 Å². The van der Waals surface area contributed by atoms with Crippen molar-refractivity contribution in [2.75, 3.05) is 18.4 Å². The van der Waals surface area contributed by atoms with Gasteiger partial charge in [-0.25, -0.2) is 9.97 Å². The Morgan fingerprint density at radius 2 is 1.97 bits per heavy atom. The van der Waals surface area contributed by atoms with E-state index >= 15 is 0 Å². The van der Waals surface area contributed by atoms with Crippen LogP contribution >= 0.6 is 0 Å². The Morgan fingerprint density at radius 3 is 2.64 bits per heavy atom. The summed E-state index contributed by atoms with van der Waals surface area (Å²) in [4.78, 5) is 19.3. The molecule has 3 aromatic rings. The lowest BCUT2D eigenvalue weighted by atomic mass is 9.98.